The maximum Gasteiger partial charge on any atom is 0.261 e. The van der Waals surface area contributed by atoms with Crippen LogP contribution in [0.15, 0.2) is 53.3 Å². The Morgan fingerprint density at radius 1 is 1.18 bits per heavy atom. The van der Waals surface area contributed by atoms with Crippen LogP contribution in [0.2, 0.25) is 0 Å². The summed E-state index contributed by atoms with van der Waals surface area (Å²) in [6, 6.07) is 10.2. The molecule has 0 aliphatic heterocycles. The van der Waals surface area contributed by atoms with E-state index in [1.807, 2.05) is 0 Å². The fourth-order valence-corrected chi connectivity index (χ4v) is 3.08. The number of nitrogens with zero attached hydrogens (tertiary/aromatic N) is 2. The normalized spacial score (nSPS) is 11.3. The lowest BCUT2D eigenvalue weighted by atomic mass is 10.1. The molecule has 0 radical (unpaired) electrons. The van der Waals surface area contributed by atoms with Gasteiger partial charge in [0.05, 0.1) is 16.8 Å². The van der Waals surface area contributed by atoms with Crippen molar-refractivity contribution in [2.45, 2.75) is 26.8 Å². The first-order valence-electron chi connectivity index (χ1n) is 8.88. The molecule has 0 fully saturated rings. The van der Waals surface area contributed by atoms with Crippen molar-refractivity contribution < 1.29 is 13.9 Å². The molecule has 6 heteroatoms. The third kappa shape index (κ3) is 3.86. The number of aromatic hydroxyl groups is 1. The first-order valence-corrected chi connectivity index (χ1v) is 8.88. The van der Waals surface area contributed by atoms with Crippen LogP contribution in [-0.4, -0.2) is 14.7 Å². The minimum atomic E-state index is -0.793. The van der Waals surface area contributed by atoms with Gasteiger partial charge in [-0.05, 0) is 50.1 Å². The molecule has 144 valence electrons. The molecule has 1 aromatic heterocycles. The van der Waals surface area contributed by atoms with E-state index in [4.69, 9.17) is 0 Å². The van der Waals surface area contributed by atoms with E-state index < -0.39 is 11.6 Å². The molecule has 0 saturated carbocycles. The van der Waals surface area contributed by atoms with Crippen LogP contribution in [0.4, 0.5) is 8.78 Å². The van der Waals surface area contributed by atoms with E-state index in [-0.39, 0.29) is 29.3 Å². The molecule has 3 aromatic rings. The zero-order valence-electron chi connectivity index (χ0n) is 15.6. The third-order valence-corrected chi connectivity index (χ3v) is 4.47. The maximum atomic E-state index is 13.9. The van der Waals surface area contributed by atoms with Gasteiger partial charge in [-0.2, -0.15) is 0 Å². The third-order valence-electron chi connectivity index (χ3n) is 4.47. The number of para-hydroxylation sites is 1. The smallest absolute Gasteiger partial charge is 0.261 e. The zero-order valence-corrected chi connectivity index (χ0v) is 15.6. The minimum absolute atomic E-state index is 0.131. The topological polar surface area (TPSA) is 55.1 Å². The molecule has 0 bridgehead atoms. The van der Waals surface area contributed by atoms with Gasteiger partial charge in [0.2, 0.25) is 0 Å². The van der Waals surface area contributed by atoms with Gasteiger partial charge in [-0.25, -0.2) is 13.8 Å². The molecule has 1 N–H and O–H groups in total. The van der Waals surface area contributed by atoms with Gasteiger partial charge in [0.25, 0.3) is 5.56 Å². The Hall–Kier alpha value is -3.28. The summed E-state index contributed by atoms with van der Waals surface area (Å²) >= 11 is 0. The van der Waals surface area contributed by atoms with Crippen molar-refractivity contribution in [2.75, 3.05) is 0 Å². The van der Waals surface area contributed by atoms with Crippen LogP contribution in [-0.2, 0) is 13.0 Å². The van der Waals surface area contributed by atoms with E-state index in [1.165, 1.54) is 28.8 Å². The van der Waals surface area contributed by atoms with Gasteiger partial charge in [-0.1, -0.05) is 30.4 Å². The molecule has 2 aromatic carbocycles. The predicted octanol–water partition coefficient (Wildman–Crippen LogP) is 4.48. The van der Waals surface area contributed by atoms with Crippen LogP contribution < -0.4 is 5.56 Å². The van der Waals surface area contributed by atoms with Gasteiger partial charge in [-0.3, -0.25) is 9.36 Å². The van der Waals surface area contributed by atoms with Crippen molar-refractivity contribution in [2.24, 2.45) is 0 Å². The summed E-state index contributed by atoms with van der Waals surface area (Å²) in [7, 11) is 0. The first kappa shape index (κ1) is 19.5. The fraction of sp³-hybridized carbons (Fsp3) is 0.182. The Bertz CT molecular complexity index is 1100. The Morgan fingerprint density at radius 2 is 1.93 bits per heavy atom. The average molecular weight is 382 g/mol. The molecule has 1 heterocycles. The average Bonchev–Trinajstić information content (AvgIpc) is 2.66. The van der Waals surface area contributed by atoms with E-state index in [1.54, 1.807) is 38.1 Å². The summed E-state index contributed by atoms with van der Waals surface area (Å²) in [6.07, 6.45) is 3.78. The molecule has 0 unspecified atom stereocenters. The fourth-order valence-electron chi connectivity index (χ4n) is 3.08. The molecular weight excluding hydrogens is 362 g/mol. The highest BCUT2D eigenvalue weighted by atomic mass is 19.1. The monoisotopic (exact) mass is 382 g/mol. The highest BCUT2D eigenvalue weighted by Crippen LogP contribution is 2.30. The molecule has 0 aliphatic carbocycles. The second-order valence-electron chi connectivity index (χ2n) is 6.41. The van der Waals surface area contributed by atoms with E-state index >= 15 is 0 Å². The van der Waals surface area contributed by atoms with E-state index in [9.17, 15) is 18.7 Å². The predicted molar refractivity (Wildman–Crippen MR) is 105 cm³/mol. The molecule has 0 spiro atoms. The number of hydrogen-bond acceptors (Lipinski definition) is 3. The Balaban J connectivity index is 2.15. The van der Waals surface area contributed by atoms with Gasteiger partial charge in [-0.15, -0.1) is 0 Å². The summed E-state index contributed by atoms with van der Waals surface area (Å²) in [6.45, 7) is 3.68. The Morgan fingerprint density at radius 3 is 2.64 bits per heavy atom. The minimum Gasteiger partial charge on any atom is -0.504 e. The van der Waals surface area contributed by atoms with Crippen LogP contribution in [0.25, 0.3) is 17.5 Å². The lowest BCUT2D eigenvalue weighted by Crippen LogP contribution is -2.27. The van der Waals surface area contributed by atoms with Crippen molar-refractivity contribution in [3.8, 4) is 17.1 Å². The van der Waals surface area contributed by atoms with Crippen LogP contribution in [0, 0.1) is 18.6 Å². The summed E-state index contributed by atoms with van der Waals surface area (Å²) in [5.74, 6) is -1.54. The van der Waals surface area contributed by atoms with Crippen LogP contribution in [0.3, 0.4) is 0 Å². The van der Waals surface area contributed by atoms with Crippen LogP contribution in [0.1, 0.15) is 23.7 Å². The molecule has 0 aliphatic rings. The van der Waals surface area contributed by atoms with Gasteiger partial charge >= 0.3 is 0 Å². The lowest BCUT2D eigenvalue weighted by Gasteiger charge is -2.16. The number of phenolic OH excluding ortho intramolecular Hbond substituents is 1. The molecule has 0 amide bonds. The highest BCUT2D eigenvalue weighted by molar-refractivity contribution is 5.65. The van der Waals surface area contributed by atoms with Crippen LogP contribution in [0.5, 0.6) is 5.75 Å². The summed E-state index contributed by atoms with van der Waals surface area (Å²) < 4.78 is 28.7. The number of aromatic nitrogens is 2. The molecular formula is C22H20F2N2O2. The second-order valence-corrected chi connectivity index (χ2v) is 6.41. The summed E-state index contributed by atoms with van der Waals surface area (Å²) in [5, 5.41) is 10.2. The summed E-state index contributed by atoms with van der Waals surface area (Å²) in [5.41, 5.74) is 1.44. The molecule has 28 heavy (non-hydrogen) atoms. The zero-order chi connectivity index (χ0) is 20.3. The number of allylic oxidation sites excluding steroid dienone is 1. The highest BCUT2D eigenvalue weighted by Gasteiger charge is 2.18. The van der Waals surface area contributed by atoms with E-state index in [0.29, 0.717) is 17.7 Å². The quantitative estimate of drug-likeness (QED) is 0.708. The van der Waals surface area contributed by atoms with Crippen LogP contribution >= 0.6 is 0 Å². The van der Waals surface area contributed by atoms with Gasteiger partial charge in [0, 0.05) is 6.54 Å². The van der Waals surface area contributed by atoms with Crippen molar-refractivity contribution >= 4 is 6.08 Å². The number of halogens is 2. The number of phenols is 1. The molecule has 4 nitrogen and oxygen atoms in total. The van der Waals surface area contributed by atoms with Crippen molar-refractivity contribution in [1.29, 1.82) is 0 Å². The Kier molecular flexibility index (Phi) is 5.68. The van der Waals surface area contributed by atoms with Crippen molar-refractivity contribution in [1.82, 2.24) is 9.55 Å². The van der Waals surface area contributed by atoms with E-state index in [0.717, 1.165) is 11.6 Å². The van der Waals surface area contributed by atoms with Crippen molar-refractivity contribution in [3.63, 3.8) is 0 Å². The molecule has 0 atom stereocenters. The number of benzene rings is 2. The van der Waals surface area contributed by atoms with E-state index in [2.05, 4.69) is 4.98 Å². The second kappa shape index (κ2) is 8.17. The van der Waals surface area contributed by atoms with Gasteiger partial charge in [0.15, 0.2) is 11.6 Å². The standard InChI is InChI=1S/C22H20F2N2O2/c1-3-6-17-14(2)25-21(18-9-5-10-19(24)20(18)27)26(22(17)28)12-11-15-7-4-8-16(23)13-15/h3-10,13,27H,11-12H2,1-2H3/b6-3+. The van der Waals surface area contributed by atoms with Gasteiger partial charge in [0.1, 0.15) is 11.6 Å². The summed E-state index contributed by atoms with van der Waals surface area (Å²) in [4.78, 5) is 17.5. The number of aryl methyl sites for hydroxylation is 2. The van der Waals surface area contributed by atoms with Crippen molar-refractivity contribution in [3.05, 3.63) is 87.3 Å². The maximum absolute atomic E-state index is 13.9. The lowest BCUT2D eigenvalue weighted by molar-refractivity contribution is 0.433. The number of rotatable bonds is 5. The first-order chi connectivity index (χ1) is 13.4. The Labute approximate surface area is 161 Å². The molecule has 0 saturated heterocycles. The SMILES string of the molecule is C/C=C/c1c(C)nc(-c2cccc(F)c2O)n(CCc2cccc(F)c2)c1=O. The number of hydrogen-bond donors (Lipinski definition) is 1. The molecule has 3 rings (SSSR count). The van der Waals surface area contributed by atoms with Gasteiger partial charge < -0.3 is 5.11 Å². The largest absolute Gasteiger partial charge is 0.504 e.